The summed E-state index contributed by atoms with van der Waals surface area (Å²) >= 11 is 0. The van der Waals surface area contributed by atoms with Crippen LogP contribution in [0.25, 0.3) is 5.69 Å². The number of esters is 1. The predicted molar refractivity (Wildman–Crippen MR) is 77.7 cm³/mol. The molecule has 0 unspecified atom stereocenters. The number of rotatable bonds is 4. The first-order chi connectivity index (χ1) is 11.7. The highest BCUT2D eigenvalue weighted by Gasteiger charge is 2.30. The largest absolute Gasteiger partial charge is 0.482 e. The molecule has 0 radical (unpaired) electrons. The maximum Gasteiger partial charge on any atom is 0.422 e. The normalized spacial score (nSPS) is 11.0. The number of nitriles is 1. The summed E-state index contributed by atoms with van der Waals surface area (Å²) in [6.45, 7) is -1.62. The second kappa shape index (κ2) is 6.72. The summed E-state index contributed by atoms with van der Waals surface area (Å²) in [4.78, 5) is 11.9. The molecular weight excluding hydrogens is 346 g/mol. The highest BCUT2D eigenvalue weighted by Crippen LogP contribution is 2.31. The first-order valence-electron chi connectivity index (χ1n) is 6.66. The Hall–Kier alpha value is -3.22. The maximum atomic E-state index is 13.6. The number of hydrogen-bond donors (Lipinski definition) is 1. The number of hydrogen-bond acceptors (Lipinski definition) is 5. The molecule has 0 amide bonds. The van der Waals surface area contributed by atoms with Gasteiger partial charge in [-0.1, -0.05) is 0 Å². The van der Waals surface area contributed by atoms with E-state index in [2.05, 4.69) is 9.47 Å². The van der Waals surface area contributed by atoms with Gasteiger partial charge in [0.15, 0.2) is 12.3 Å². The monoisotopic (exact) mass is 357 g/mol. The van der Waals surface area contributed by atoms with Crippen LogP contribution in [-0.4, -0.2) is 30.4 Å². The minimum atomic E-state index is -4.62. The predicted octanol–water partition coefficient (Wildman–Crippen LogP) is 2.80. The van der Waals surface area contributed by atoms with Crippen LogP contribution in [0.3, 0.4) is 0 Å². The number of anilines is 1. The number of nitrogen functional groups attached to an aromatic ring is 1. The summed E-state index contributed by atoms with van der Waals surface area (Å²) in [6.07, 6.45) is -3.54. The van der Waals surface area contributed by atoms with Crippen LogP contribution in [0.1, 0.15) is 16.1 Å². The van der Waals surface area contributed by atoms with E-state index in [4.69, 9.17) is 11.0 Å². The standard InChI is InChI=1S/C15H11F4N3O3/c1-24-14(23)13-12(21)8(5-20)6-22(13)10-4-9(16)2-3-11(10)25-7-15(17,18)19/h2-4,6H,7,21H2,1H3. The fourth-order valence-electron chi connectivity index (χ4n) is 2.07. The number of benzene rings is 1. The molecule has 1 aromatic heterocycles. The smallest absolute Gasteiger partial charge is 0.422 e. The van der Waals surface area contributed by atoms with E-state index in [1.165, 1.54) is 0 Å². The Labute approximate surface area is 139 Å². The molecule has 0 fully saturated rings. The number of aromatic nitrogens is 1. The van der Waals surface area contributed by atoms with E-state index in [0.717, 1.165) is 36.1 Å². The van der Waals surface area contributed by atoms with Crippen molar-refractivity contribution in [3.8, 4) is 17.5 Å². The molecule has 132 valence electrons. The zero-order valence-corrected chi connectivity index (χ0v) is 12.7. The van der Waals surface area contributed by atoms with Gasteiger partial charge in [0.2, 0.25) is 0 Å². The Morgan fingerprint density at radius 3 is 2.64 bits per heavy atom. The van der Waals surface area contributed by atoms with Crippen molar-refractivity contribution in [2.45, 2.75) is 6.18 Å². The third-order valence-electron chi connectivity index (χ3n) is 3.12. The Morgan fingerprint density at radius 1 is 1.40 bits per heavy atom. The molecule has 0 atom stereocenters. The lowest BCUT2D eigenvalue weighted by Crippen LogP contribution is -2.20. The van der Waals surface area contributed by atoms with Gasteiger partial charge in [-0.05, 0) is 12.1 Å². The maximum absolute atomic E-state index is 13.6. The molecule has 2 N–H and O–H groups in total. The summed E-state index contributed by atoms with van der Waals surface area (Å²) in [5, 5.41) is 9.04. The summed E-state index contributed by atoms with van der Waals surface area (Å²) in [5.41, 5.74) is 4.75. The number of ether oxygens (including phenoxy) is 2. The average molecular weight is 357 g/mol. The van der Waals surface area contributed by atoms with E-state index >= 15 is 0 Å². The molecule has 0 bridgehead atoms. The van der Waals surface area contributed by atoms with Crippen LogP contribution in [0.15, 0.2) is 24.4 Å². The van der Waals surface area contributed by atoms with Crippen LogP contribution in [0.5, 0.6) is 5.75 Å². The molecule has 0 saturated heterocycles. The molecule has 2 aromatic rings. The zero-order chi connectivity index (χ0) is 18.8. The number of alkyl halides is 3. The molecule has 2 rings (SSSR count). The van der Waals surface area contributed by atoms with Gasteiger partial charge in [0.25, 0.3) is 0 Å². The molecule has 0 aliphatic carbocycles. The van der Waals surface area contributed by atoms with Crippen LogP contribution < -0.4 is 10.5 Å². The number of nitrogens with two attached hydrogens (primary N) is 1. The summed E-state index contributed by atoms with van der Waals surface area (Å²) in [7, 11) is 1.05. The lowest BCUT2D eigenvalue weighted by Gasteiger charge is -2.15. The van der Waals surface area contributed by atoms with Crippen molar-refractivity contribution in [3.05, 3.63) is 41.5 Å². The minimum Gasteiger partial charge on any atom is -0.482 e. The van der Waals surface area contributed by atoms with Gasteiger partial charge in [-0.15, -0.1) is 0 Å². The minimum absolute atomic E-state index is 0.133. The van der Waals surface area contributed by atoms with Crippen LogP contribution in [-0.2, 0) is 4.74 Å². The Kier molecular flexibility index (Phi) is 4.87. The SMILES string of the molecule is COC(=O)c1c(N)c(C#N)cn1-c1cc(F)ccc1OCC(F)(F)F. The van der Waals surface area contributed by atoms with E-state index in [9.17, 15) is 22.4 Å². The highest BCUT2D eigenvalue weighted by atomic mass is 19.4. The third kappa shape index (κ3) is 3.82. The second-order valence-corrected chi connectivity index (χ2v) is 4.79. The van der Waals surface area contributed by atoms with Crippen molar-refractivity contribution < 1.29 is 31.8 Å². The lowest BCUT2D eigenvalue weighted by atomic mass is 10.2. The molecule has 1 aromatic carbocycles. The van der Waals surface area contributed by atoms with Gasteiger partial charge in [0.05, 0.1) is 24.0 Å². The second-order valence-electron chi connectivity index (χ2n) is 4.79. The zero-order valence-electron chi connectivity index (χ0n) is 12.7. The number of halogens is 4. The average Bonchev–Trinajstić information content (AvgIpc) is 2.88. The topological polar surface area (TPSA) is 90.3 Å². The number of carbonyl (C=O) groups is 1. The summed E-state index contributed by atoms with van der Waals surface area (Å²) in [5.74, 6) is -2.11. The van der Waals surface area contributed by atoms with Crippen molar-refractivity contribution in [3.63, 3.8) is 0 Å². The first-order valence-corrected chi connectivity index (χ1v) is 6.66. The summed E-state index contributed by atoms with van der Waals surface area (Å²) in [6, 6.07) is 4.44. The summed E-state index contributed by atoms with van der Waals surface area (Å²) < 4.78 is 61.0. The molecular formula is C15H11F4N3O3. The lowest BCUT2D eigenvalue weighted by molar-refractivity contribution is -0.153. The van der Waals surface area contributed by atoms with E-state index in [-0.39, 0.29) is 28.4 Å². The molecule has 6 nitrogen and oxygen atoms in total. The van der Waals surface area contributed by atoms with Crippen molar-refractivity contribution in [1.29, 1.82) is 5.26 Å². The number of carbonyl (C=O) groups excluding carboxylic acids is 1. The molecule has 10 heteroatoms. The van der Waals surface area contributed by atoms with Gasteiger partial charge in [-0.2, -0.15) is 18.4 Å². The Bertz CT molecular complexity index is 853. The molecule has 1 heterocycles. The van der Waals surface area contributed by atoms with Crippen LogP contribution >= 0.6 is 0 Å². The van der Waals surface area contributed by atoms with Crippen molar-refractivity contribution in [2.75, 3.05) is 19.5 Å². The molecule has 0 spiro atoms. The fourth-order valence-corrected chi connectivity index (χ4v) is 2.07. The Balaban J connectivity index is 2.64. The molecule has 0 aliphatic rings. The van der Waals surface area contributed by atoms with Gasteiger partial charge in [0.1, 0.15) is 17.6 Å². The molecule has 25 heavy (non-hydrogen) atoms. The van der Waals surface area contributed by atoms with Crippen molar-refractivity contribution in [2.24, 2.45) is 0 Å². The van der Waals surface area contributed by atoms with Gasteiger partial charge in [-0.25, -0.2) is 9.18 Å². The van der Waals surface area contributed by atoms with Gasteiger partial charge >= 0.3 is 12.1 Å². The van der Waals surface area contributed by atoms with E-state index in [1.807, 2.05) is 0 Å². The molecule has 0 aliphatic heterocycles. The van der Waals surface area contributed by atoms with E-state index < -0.39 is 24.6 Å². The first kappa shape index (κ1) is 18.1. The number of methoxy groups -OCH3 is 1. The molecule has 0 saturated carbocycles. The van der Waals surface area contributed by atoms with Gasteiger partial charge in [0, 0.05) is 12.3 Å². The quantitative estimate of drug-likeness (QED) is 0.671. The van der Waals surface area contributed by atoms with Crippen LogP contribution in [0.2, 0.25) is 0 Å². The fraction of sp³-hybridized carbons (Fsp3) is 0.200. The Morgan fingerprint density at radius 2 is 2.08 bits per heavy atom. The third-order valence-corrected chi connectivity index (χ3v) is 3.12. The van der Waals surface area contributed by atoms with E-state index in [0.29, 0.717) is 0 Å². The van der Waals surface area contributed by atoms with Crippen LogP contribution in [0, 0.1) is 17.1 Å². The van der Waals surface area contributed by atoms with Gasteiger partial charge in [-0.3, -0.25) is 0 Å². The van der Waals surface area contributed by atoms with Crippen molar-refractivity contribution in [1.82, 2.24) is 4.57 Å². The van der Waals surface area contributed by atoms with Crippen LogP contribution in [0.4, 0.5) is 23.2 Å². The highest BCUT2D eigenvalue weighted by molar-refractivity contribution is 5.96. The number of nitrogens with zero attached hydrogens (tertiary/aromatic N) is 2. The van der Waals surface area contributed by atoms with E-state index in [1.54, 1.807) is 6.07 Å². The van der Waals surface area contributed by atoms with Crippen molar-refractivity contribution >= 4 is 11.7 Å². The van der Waals surface area contributed by atoms with Gasteiger partial charge < -0.3 is 19.8 Å².